The van der Waals surface area contributed by atoms with Crippen molar-refractivity contribution < 1.29 is 8.42 Å². The van der Waals surface area contributed by atoms with E-state index < -0.39 is 10.0 Å². The van der Waals surface area contributed by atoms with E-state index in [4.69, 9.17) is 5.73 Å². The summed E-state index contributed by atoms with van der Waals surface area (Å²) in [4.78, 5) is 4.97. The summed E-state index contributed by atoms with van der Waals surface area (Å²) in [6, 6.07) is 6.92. The van der Waals surface area contributed by atoms with Crippen LogP contribution in [-0.4, -0.2) is 26.3 Å². The van der Waals surface area contributed by atoms with Gasteiger partial charge in [0, 0.05) is 12.1 Å². The molecule has 0 bridgehead atoms. The monoisotopic (exact) mass is 279 g/mol. The van der Waals surface area contributed by atoms with E-state index in [9.17, 15) is 8.42 Å². The van der Waals surface area contributed by atoms with Crippen LogP contribution in [0.4, 0.5) is 0 Å². The number of hydrogen-bond acceptors (Lipinski definition) is 4. The number of fused-ring (bicyclic) bond motifs is 1. The van der Waals surface area contributed by atoms with E-state index in [-0.39, 0.29) is 5.54 Å². The Labute approximate surface area is 113 Å². The Kier molecular flexibility index (Phi) is 2.87. The normalized spacial score (nSPS) is 25.2. The van der Waals surface area contributed by atoms with Gasteiger partial charge in [-0.1, -0.05) is 25.0 Å². The second-order valence-electron chi connectivity index (χ2n) is 5.20. The first kappa shape index (κ1) is 12.6. The molecule has 19 heavy (non-hydrogen) atoms. The van der Waals surface area contributed by atoms with Gasteiger partial charge < -0.3 is 5.73 Å². The highest BCUT2D eigenvalue weighted by atomic mass is 32.2. The Bertz CT molecular complexity index is 631. The molecule has 3 N–H and O–H groups in total. The third-order valence-electron chi connectivity index (χ3n) is 3.93. The topological polar surface area (TPSA) is 84.5 Å². The molecule has 102 valence electrons. The van der Waals surface area contributed by atoms with Crippen LogP contribution in [0.15, 0.2) is 34.2 Å². The molecule has 6 heteroatoms. The van der Waals surface area contributed by atoms with E-state index >= 15 is 0 Å². The molecule has 0 saturated heterocycles. The summed E-state index contributed by atoms with van der Waals surface area (Å²) in [5.41, 5.74) is 6.21. The summed E-state index contributed by atoms with van der Waals surface area (Å²) >= 11 is 0. The average Bonchev–Trinajstić information content (AvgIpc) is 2.95. The van der Waals surface area contributed by atoms with Crippen LogP contribution in [0, 0.1) is 0 Å². The van der Waals surface area contributed by atoms with Crippen molar-refractivity contribution in [2.75, 3.05) is 6.54 Å². The SMILES string of the molecule is NCC1(N=C2NS(=O)(=O)c3ccccc32)CCCC1. The highest BCUT2D eigenvalue weighted by Crippen LogP contribution is 2.34. The van der Waals surface area contributed by atoms with Crippen LogP contribution in [0.25, 0.3) is 0 Å². The molecule has 1 fully saturated rings. The molecule has 1 saturated carbocycles. The van der Waals surface area contributed by atoms with E-state index in [0.717, 1.165) is 25.7 Å². The van der Waals surface area contributed by atoms with Gasteiger partial charge in [-0.15, -0.1) is 0 Å². The van der Waals surface area contributed by atoms with Gasteiger partial charge in [0.15, 0.2) is 0 Å². The number of rotatable bonds is 2. The van der Waals surface area contributed by atoms with Crippen molar-refractivity contribution in [2.24, 2.45) is 10.7 Å². The molecule has 2 aliphatic rings. The summed E-state index contributed by atoms with van der Waals surface area (Å²) in [5, 5.41) is 0. The minimum atomic E-state index is -3.45. The summed E-state index contributed by atoms with van der Waals surface area (Å²) in [5.74, 6) is 0.447. The number of benzene rings is 1. The van der Waals surface area contributed by atoms with Crippen molar-refractivity contribution >= 4 is 15.9 Å². The van der Waals surface area contributed by atoms with Gasteiger partial charge in [0.05, 0.1) is 10.4 Å². The molecular formula is C13H17N3O2S. The predicted molar refractivity (Wildman–Crippen MR) is 73.6 cm³/mol. The van der Waals surface area contributed by atoms with Crippen LogP contribution >= 0.6 is 0 Å². The summed E-state index contributed by atoms with van der Waals surface area (Å²) in [6.45, 7) is 0.459. The molecule has 0 radical (unpaired) electrons. The molecule has 1 aliphatic heterocycles. The maximum atomic E-state index is 12.0. The van der Waals surface area contributed by atoms with Crippen LogP contribution < -0.4 is 10.5 Å². The minimum Gasteiger partial charge on any atom is -0.328 e. The number of nitrogens with one attached hydrogen (secondary N) is 1. The molecule has 0 unspecified atom stereocenters. The van der Waals surface area contributed by atoms with Gasteiger partial charge in [-0.25, -0.2) is 8.42 Å². The fraction of sp³-hybridized carbons (Fsp3) is 0.462. The lowest BCUT2D eigenvalue weighted by molar-refractivity contribution is 0.454. The highest BCUT2D eigenvalue weighted by molar-refractivity contribution is 7.90. The first-order valence-electron chi connectivity index (χ1n) is 6.49. The first-order valence-corrected chi connectivity index (χ1v) is 7.97. The minimum absolute atomic E-state index is 0.296. The van der Waals surface area contributed by atoms with Gasteiger partial charge in [0.2, 0.25) is 0 Å². The smallest absolute Gasteiger partial charge is 0.263 e. The lowest BCUT2D eigenvalue weighted by Crippen LogP contribution is -2.36. The maximum Gasteiger partial charge on any atom is 0.263 e. The molecule has 0 spiro atoms. The number of nitrogens with two attached hydrogens (primary N) is 1. The Morgan fingerprint density at radius 3 is 2.63 bits per heavy atom. The lowest BCUT2D eigenvalue weighted by atomic mass is 9.98. The summed E-state index contributed by atoms with van der Waals surface area (Å²) in [6.07, 6.45) is 4.05. The molecule has 3 rings (SSSR count). The van der Waals surface area contributed by atoms with Crippen LogP contribution in [0.2, 0.25) is 0 Å². The number of sulfonamides is 1. The molecule has 1 aromatic carbocycles. The number of amidine groups is 1. The molecule has 0 aromatic heterocycles. The third-order valence-corrected chi connectivity index (χ3v) is 5.32. The Morgan fingerprint density at radius 2 is 1.95 bits per heavy atom. The second kappa shape index (κ2) is 4.31. The molecule has 5 nitrogen and oxygen atoms in total. The maximum absolute atomic E-state index is 12.0. The Balaban J connectivity index is 2.09. The zero-order valence-electron chi connectivity index (χ0n) is 10.6. The largest absolute Gasteiger partial charge is 0.328 e. The zero-order chi connectivity index (χ0) is 13.5. The van der Waals surface area contributed by atoms with Gasteiger partial charge in [0.1, 0.15) is 5.84 Å². The van der Waals surface area contributed by atoms with E-state index in [1.165, 1.54) is 0 Å². The fourth-order valence-electron chi connectivity index (χ4n) is 2.85. The zero-order valence-corrected chi connectivity index (χ0v) is 11.4. The Morgan fingerprint density at radius 1 is 1.26 bits per heavy atom. The fourth-order valence-corrected chi connectivity index (χ4v) is 4.08. The van der Waals surface area contributed by atoms with E-state index in [1.807, 2.05) is 6.07 Å². The Hall–Kier alpha value is -1.40. The van der Waals surface area contributed by atoms with Crippen LogP contribution in [0.5, 0.6) is 0 Å². The van der Waals surface area contributed by atoms with Gasteiger partial charge in [-0.05, 0) is 25.0 Å². The van der Waals surface area contributed by atoms with Gasteiger partial charge >= 0.3 is 0 Å². The van der Waals surface area contributed by atoms with E-state index in [0.29, 0.717) is 22.8 Å². The molecule has 1 aliphatic carbocycles. The predicted octanol–water partition coefficient (Wildman–Crippen LogP) is 0.997. The summed E-state index contributed by atoms with van der Waals surface area (Å²) < 4.78 is 26.6. The molecule has 1 aromatic rings. The standard InChI is InChI=1S/C13H17N3O2S/c14-9-13(7-3-4-8-13)15-12-10-5-1-2-6-11(10)19(17,18)16-12/h1-2,5-6H,3-4,7-9,14H2,(H,15,16). The van der Waals surface area contributed by atoms with Crippen molar-refractivity contribution in [3.63, 3.8) is 0 Å². The summed E-state index contributed by atoms with van der Waals surface area (Å²) in [7, 11) is -3.45. The molecule has 0 atom stereocenters. The molecule has 1 heterocycles. The number of hydrogen-bond donors (Lipinski definition) is 2. The van der Waals surface area contributed by atoms with Crippen LogP contribution in [-0.2, 0) is 10.0 Å². The molecular weight excluding hydrogens is 262 g/mol. The van der Waals surface area contributed by atoms with Gasteiger partial charge in [0.25, 0.3) is 10.0 Å². The third kappa shape index (κ3) is 2.04. The first-order chi connectivity index (χ1) is 9.06. The van der Waals surface area contributed by atoms with Crippen molar-refractivity contribution in [3.8, 4) is 0 Å². The average molecular weight is 279 g/mol. The van der Waals surface area contributed by atoms with Crippen molar-refractivity contribution in [2.45, 2.75) is 36.1 Å². The van der Waals surface area contributed by atoms with Crippen molar-refractivity contribution in [1.82, 2.24) is 4.72 Å². The number of aliphatic imine (C=N–C) groups is 1. The van der Waals surface area contributed by atoms with Crippen molar-refractivity contribution in [1.29, 1.82) is 0 Å². The van der Waals surface area contributed by atoms with Crippen LogP contribution in [0.3, 0.4) is 0 Å². The molecule has 0 amide bonds. The quantitative estimate of drug-likeness (QED) is 0.847. The highest BCUT2D eigenvalue weighted by Gasteiger charge is 2.36. The second-order valence-corrected chi connectivity index (χ2v) is 6.85. The van der Waals surface area contributed by atoms with Crippen molar-refractivity contribution in [3.05, 3.63) is 29.8 Å². The van der Waals surface area contributed by atoms with Gasteiger partial charge in [-0.3, -0.25) is 9.71 Å². The van der Waals surface area contributed by atoms with Gasteiger partial charge in [-0.2, -0.15) is 0 Å². The van der Waals surface area contributed by atoms with Crippen LogP contribution in [0.1, 0.15) is 31.2 Å². The van der Waals surface area contributed by atoms with E-state index in [2.05, 4.69) is 9.71 Å². The van der Waals surface area contributed by atoms with E-state index in [1.54, 1.807) is 18.2 Å². The number of nitrogens with zero attached hydrogens (tertiary/aromatic N) is 1. The lowest BCUT2D eigenvalue weighted by Gasteiger charge is -2.22.